The number of aromatic nitrogens is 3. The zero-order chi connectivity index (χ0) is 9.84. The Morgan fingerprint density at radius 1 is 1.46 bits per heavy atom. The van der Waals surface area contributed by atoms with Gasteiger partial charge < -0.3 is 5.73 Å². The lowest BCUT2D eigenvalue weighted by Crippen LogP contribution is -2.01. The predicted octanol–water partition coefficient (Wildman–Crippen LogP) is 2.00. The minimum Gasteiger partial charge on any atom is -0.368 e. The second-order valence-electron chi connectivity index (χ2n) is 2.58. The zero-order valence-electron chi connectivity index (χ0n) is 7.49. The van der Waals surface area contributed by atoms with E-state index in [4.69, 9.17) is 17.3 Å². The first-order chi connectivity index (χ1) is 6.11. The highest BCUT2D eigenvalue weighted by Gasteiger charge is 2.06. The van der Waals surface area contributed by atoms with E-state index in [-0.39, 0.29) is 11.2 Å². The van der Waals surface area contributed by atoms with Crippen LogP contribution in [-0.2, 0) is 0 Å². The van der Waals surface area contributed by atoms with E-state index in [2.05, 4.69) is 28.8 Å². The van der Waals surface area contributed by atoms with Crippen molar-refractivity contribution in [2.24, 2.45) is 0 Å². The Balaban J connectivity index is 2.77. The molecule has 0 aliphatic carbocycles. The molecule has 0 aromatic carbocycles. The van der Waals surface area contributed by atoms with Gasteiger partial charge >= 0.3 is 0 Å². The van der Waals surface area contributed by atoms with E-state index in [0.717, 1.165) is 6.42 Å². The molecule has 2 N–H and O–H groups in total. The van der Waals surface area contributed by atoms with E-state index in [9.17, 15) is 0 Å². The lowest BCUT2D eigenvalue weighted by molar-refractivity contribution is 0.872. The zero-order valence-corrected chi connectivity index (χ0v) is 9.06. The number of halogens is 1. The summed E-state index contributed by atoms with van der Waals surface area (Å²) < 4.78 is 0. The number of nitrogens with two attached hydrogens (primary N) is 1. The summed E-state index contributed by atoms with van der Waals surface area (Å²) in [5.41, 5.74) is 5.42. The summed E-state index contributed by atoms with van der Waals surface area (Å²) in [4.78, 5) is 11.6. The third kappa shape index (κ3) is 3.36. The Morgan fingerprint density at radius 2 is 2.15 bits per heavy atom. The van der Waals surface area contributed by atoms with Crippen molar-refractivity contribution in [2.75, 3.05) is 5.73 Å². The summed E-state index contributed by atoms with van der Waals surface area (Å²) in [5, 5.41) is 1.20. The van der Waals surface area contributed by atoms with Crippen LogP contribution >= 0.6 is 23.4 Å². The maximum Gasteiger partial charge on any atom is 0.228 e. The molecule has 1 heterocycles. The summed E-state index contributed by atoms with van der Waals surface area (Å²) in [6, 6.07) is 0. The molecule has 0 radical (unpaired) electrons. The number of hydrogen-bond acceptors (Lipinski definition) is 5. The van der Waals surface area contributed by atoms with Gasteiger partial charge in [-0.05, 0) is 18.0 Å². The largest absolute Gasteiger partial charge is 0.368 e. The van der Waals surface area contributed by atoms with Gasteiger partial charge in [0.25, 0.3) is 0 Å². The maximum atomic E-state index is 5.62. The molecule has 6 heteroatoms. The minimum absolute atomic E-state index is 0.151. The predicted molar refractivity (Wildman–Crippen MR) is 54.9 cm³/mol. The number of rotatable bonds is 3. The normalized spacial score (nSPS) is 12.8. The third-order valence-corrected chi connectivity index (χ3v) is 2.78. The van der Waals surface area contributed by atoms with Crippen molar-refractivity contribution in [3.05, 3.63) is 5.28 Å². The van der Waals surface area contributed by atoms with Crippen LogP contribution in [-0.4, -0.2) is 20.2 Å². The number of nitrogens with zero attached hydrogens (tertiary/aromatic N) is 3. The van der Waals surface area contributed by atoms with Crippen LogP contribution in [0.25, 0.3) is 0 Å². The lowest BCUT2D eigenvalue weighted by Gasteiger charge is -2.05. The topological polar surface area (TPSA) is 64.7 Å². The molecule has 0 saturated carbocycles. The first-order valence-electron chi connectivity index (χ1n) is 3.95. The minimum atomic E-state index is 0.151. The van der Waals surface area contributed by atoms with E-state index >= 15 is 0 Å². The molecule has 72 valence electrons. The molecule has 13 heavy (non-hydrogen) atoms. The van der Waals surface area contributed by atoms with Crippen molar-refractivity contribution in [3.8, 4) is 0 Å². The third-order valence-electron chi connectivity index (χ3n) is 1.49. The van der Waals surface area contributed by atoms with Crippen LogP contribution in [0.4, 0.5) is 5.95 Å². The molecule has 0 aliphatic rings. The summed E-state index contributed by atoms with van der Waals surface area (Å²) >= 11 is 7.17. The SMILES string of the molecule is CCC(C)Sc1nc(N)nc(Cl)n1. The molecule has 1 aromatic rings. The fraction of sp³-hybridized carbons (Fsp3) is 0.571. The number of nitrogen functional groups attached to an aromatic ring is 1. The first-order valence-corrected chi connectivity index (χ1v) is 5.21. The van der Waals surface area contributed by atoms with E-state index in [1.807, 2.05) is 0 Å². The Hall–Kier alpha value is -0.550. The van der Waals surface area contributed by atoms with Gasteiger partial charge in [0.1, 0.15) is 0 Å². The van der Waals surface area contributed by atoms with Crippen LogP contribution < -0.4 is 5.73 Å². The molecule has 1 aromatic heterocycles. The number of hydrogen-bond donors (Lipinski definition) is 1. The van der Waals surface area contributed by atoms with Gasteiger partial charge in [0.2, 0.25) is 11.2 Å². The molecule has 1 atom stereocenters. The molecular formula is C7H11ClN4S. The highest BCUT2D eigenvalue weighted by Crippen LogP contribution is 2.22. The van der Waals surface area contributed by atoms with E-state index in [1.165, 1.54) is 0 Å². The lowest BCUT2D eigenvalue weighted by atomic mass is 10.4. The molecule has 0 fully saturated rings. The van der Waals surface area contributed by atoms with Crippen molar-refractivity contribution in [3.63, 3.8) is 0 Å². The van der Waals surface area contributed by atoms with Crippen molar-refractivity contribution >= 4 is 29.3 Å². The standard InChI is InChI=1S/C7H11ClN4S/c1-3-4(2)13-7-11-5(8)10-6(9)12-7/h4H,3H2,1-2H3,(H2,9,10,11,12). The summed E-state index contributed by atoms with van der Waals surface area (Å²) in [6.45, 7) is 4.20. The monoisotopic (exact) mass is 218 g/mol. The van der Waals surface area contributed by atoms with Gasteiger partial charge in [-0.2, -0.15) is 15.0 Å². The molecule has 1 rings (SSSR count). The summed E-state index contributed by atoms with van der Waals surface area (Å²) in [6.07, 6.45) is 1.05. The second kappa shape index (κ2) is 4.62. The molecule has 0 aliphatic heterocycles. The van der Waals surface area contributed by atoms with Crippen LogP contribution in [0.2, 0.25) is 5.28 Å². The van der Waals surface area contributed by atoms with E-state index < -0.39 is 0 Å². The molecule has 1 unspecified atom stereocenters. The van der Waals surface area contributed by atoms with Gasteiger partial charge in [0.05, 0.1) is 0 Å². The molecule has 0 amide bonds. The number of thioether (sulfide) groups is 1. The van der Waals surface area contributed by atoms with Gasteiger partial charge in [0.15, 0.2) is 5.16 Å². The van der Waals surface area contributed by atoms with E-state index in [1.54, 1.807) is 11.8 Å². The van der Waals surface area contributed by atoms with Gasteiger partial charge in [0, 0.05) is 5.25 Å². The van der Waals surface area contributed by atoms with Crippen molar-refractivity contribution in [2.45, 2.75) is 30.7 Å². The van der Waals surface area contributed by atoms with Gasteiger partial charge in [-0.25, -0.2) is 0 Å². The summed E-state index contributed by atoms with van der Waals surface area (Å²) in [7, 11) is 0. The number of anilines is 1. The molecule has 0 bridgehead atoms. The van der Waals surface area contributed by atoms with Crippen molar-refractivity contribution in [1.29, 1.82) is 0 Å². The van der Waals surface area contributed by atoms with Crippen LogP contribution in [0, 0.1) is 0 Å². The van der Waals surface area contributed by atoms with Crippen LogP contribution in [0.5, 0.6) is 0 Å². The smallest absolute Gasteiger partial charge is 0.228 e. The Morgan fingerprint density at radius 3 is 2.69 bits per heavy atom. The van der Waals surface area contributed by atoms with Gasteiger partial charge in [-0.3, -0.25) is 0 Å². The van der Waals surface area contributed by atoms with Gasteiger partial charge in [-0.15, -0.1) is 0 Å². The summed E-state index contributed by atoms with van der Waals surface area (Å²) in [5.74, 6) is 0.172. The Kier molecular flexibility index (Phi) is 3.74. The molecule has 0 spiro atoms. The molecule has 0 saturated heterocycles. The Labute approximate surface area is 86.3 Å². The van der Waals surface area contributed by atoms with Crippen molar-refractivity contribution < 1.29 is 0 Å². The second-order valence-corrected chi connectivity index (χ2v) is 4.33. The molecule has 4 nitrogen and oxygen atoms in total. The average molecular weight is 219 g/mol. The fourth-order valence-electron chi connectivity index (χ4n) is 0.662. The fourth-order valence-corrected chi connectivity index (χ4v) is 1.69. The van der Waals surface area contributed by atoms with Crippen molar-refractivity contribution in [1.82, 2.24) is 15.0 Å². The quantitative estimate of drug-likeness (QED) is 0.787. The average Bonchev–Trinajstić information content (AvgIpc) is 2.02. The highest BCUT2D eigenvalue weighted by molar-refractivity contribution is 7.99. The van der Waals surface area contributed by atoms with Crippen LogP contribution in [0.1, 0.15) is 20.3 Å². The Bertz CT molecular complexity index is 274. The van der Waals surface area contributed by atoms with Crippen LogP contribution in [0.15, 0.2) is 5.16 Å². The van der Waals surface area contributed by atoms with Gasteiger partial charge in [-0.1, -0.05) is 25.6 Å². The highest BCUT2D eigenvalue weighted by atomic mass is 35.5. The first kappa shape index (κ1) is 10.5. The van der Waals surface area contributed by atoms with E-state index in [0.29, 0.717) is 10.4 Å². The van der Waals surface area contributed by atoms with Crippen LogP contribution in [0.3, 0.4) is 0 Å². The molecular weight excluding hydrogens is 208 g/mol. The maximum absolute atomic E-state index is 5.62.